The van der Waals surface area contributed by atoms with Crippen molar-refractivity contribution in [1.29, 1.82) is 0 Å². The van der Waals surface area contributed by atoms with Gasteiger partial charge in [0.25, 0.3) is 0 Å². The molecule has 1 fully saturated rings. The standard InChI is InChI=1S/C12H15BrClNO2/c1-8-12(7-16,4-5-17-8)15-9-2-3-11(14)10(13)6-9/h2-3,6,8,15-16H,4-5,7H2,1H3. The first kappa shape index (κ1) is 13.1. The Morgan fingerprint density at radius 1 is 1.65 bits per heavy atom. The minimum Gasteiger partial charge on any atom is -0.394 e. The van der Waals surface area contributed by atoms with Crippen LogP contribution in [0.1, 0.15) is 13.3 Å². The highest BCUT2D eigenvalue weighted by Crippen LogP contribution is 2.32. The normalized spacial score (nSPS) is 28.4. The molecule has 0 saturated carbocycles. The second-order valence-corrected chi connectivity index (χ2v) is 5.59. The van der Waals surface area contributed by atoms with E-state index in [1.807, 2.05) is 25.1 Å². The second-order valence-electron chi connectivity index (χ2n) is 4.33. The molecule has 2 rings (SSSR count). The fourth-order valence-corrected chi connectivity index (χ4v) is 2.55. The highest BCUT2D eigenvalue weighted by Gasteiger charge is 2.41. The van der Waals surface area contributed by atoms with Gasteiger partial charge in [-0.25, -0.2) is 0 Å². The Labute approximate surface area is 114 Å². The number of aliphatic hydroxyl groups is 1. The summed E-state index contributed by atoms with van der Waals surface area (Å²) in [6.07, 6.45) is 0.784. The molecule has 0 aliphatic carbocycles. The maximum absolute atomic E-state index is 9.59. The van der Waals surface area contributed by atoms with E-state index in [-0.39, 0.29) is 12.7 Å². The molecular weight excluding hydrogens is 305 g/mol. The Morgan fingerprint density at radius 3 is 2.94 bits per heavy atom. The molecule has 94 valence electrons. The van der Waals surface area contributed by atoms with Crippen LogP contribution >= 0.6 is 27.5 Å². The summed E-state index contributed by atoms with van der Waals surface area (Å²) >= 11 is 9.33. The van der Waals surface area contributed by atoms with Gasteiger partial charge in [0.15, 0.2) is 0 Å². The molecule has 5 heteroatoms. The van der Waals surface area contributed by atoms with Gasteiger partial charge in [0, 0.05) is 16.8 Å². The molecule has 1 aromatic rings. The Balaban J connectivity index is 2.21. The quantitative estimate of drug-likeness (QED) is 0.899. The summed E-state index contributed by atoms with van der Waals surface area (Å²) in [7, 11) is 0. The van der Waals surface area contributed by atoms with Crippen LogP contribution in [-0.2, 0) is 4.74 Å². The third kappa shape index (κ3) is 2.60. The van der Waals surface area contributed by atoms with Gasteiger partial charge in [0.05, 0.1) is 23.3 Å². The summed E-state index contributed by atoms with van der Waals surface area (Å²) in [5.74, 6) is 0. The third-order valence-electron chi connectivity index (χ3n) is 3.29. The van der Waals surface area contributed by atoms with E-state index < -0.39 is 5.54 Å². The zero-order valence-corrected chi connectivity index (χ0v) is 11.9. The maximum atomic E-state index is 9.59. The van der Waals surface area contributed by atoms with Gasteiger partial charge in [-0.2, -0.15) is 0 Å². The Hall–Kier alpha value is -0.290. The van der Waals surface area contributed by atoms with Crippen molar-refractivity contribution in [3.63, 3.8) is 0 Å². The van der Waals surface area contributed by atoms with Crippen LogP contribution in [0.2, 0.25) is 5.02 Å². The first-order valence-electron chi connectivity index (χ1n) is 5.53. The summed E-state index contributed by atoms with van der Waals surface area (Å²) in [4.78, 5) is 0. The predicted molar refractivity (Wildman–Crippen MR) is 72.6 cm³/mol. The molecule has 0 aromatic heterocycles. The molecule has 1 aliphatic heterocycles. The lowest BCUT2D eigenvalue weighted by atomic mass is 9.92. The SMILES string of the molecule is CC1OCCC1(CO)Nc1ccc(Cl)c(Br)c1. The van der Waals surface area contributed by atoms with Crippen LogP contribution < -0.4 is 5.32 Å². The van der Waals surface area contributed by atoms with E-state index >= 15 is 0 Å². The van der Waals surface area contributed by atoms with Gasteiger partial charge in [-0.15, -0.1) is 0 Å². The van der Waals surface area contributed by atoms with Crippen molar-refractivity contribution in [3.05, 3.63) is 27.7 Å². The first-order valence-corrected chi connectivity index (χ1v) is 6.70. The van der Waals surface area contributed by atoms with Crippen LogP contribution in [0.15, 0.2) is 22.7 Å². The highest BCUT2D eigenvalue weighted by atomic mass is 79.9. The van der Waals surface area contributed by atoms with Gasteiger partial charge in [-0.3, -0.25) is 0 Å². The van der Waals surface area contributed by atoms with Crippen molar-refractivity contribution in [2.24, 2.45) is 0 Å². The highest BCUT2D eigenvalue weighted by molar-refractivity contribution is 9.10. The molecule has 17 heavy (non-hydrogen) atoms. The van der Waals surface area contributed by atoms with Crippen LogP contribution in [0.25, 0.3) is 0 Å². The maximum Gasteiger partial charge on any atom is 0.0885 e. The van der Waals surface area contributed by atoms with Gasteiger partial charge >= 0.3 is 0 Å². The minimum atomic E-state index is -0.396. The third-order valence-corrected chi connectivity index (χ3v) is 4.50. The van der Waals surface area contributed by atoms with Crippen molar-refractivity contribution in [1.82, 2.24) is 0 Å². The van der Waals surface area contributed by atoms with Crippen LogP contribution in [0.5, 0.6) is 0 Å². The molecule has 1 saturated heterocycles. The molecule has 1 heterocycles. The van der Waals surface area contributed by atoms with Gasteiger partial charge in [-0.05, 0) is 47.5 Å². The fraction of sp³-hybridized carbons (Fsp3) is 0.500. The van der Waals surface area contributed by atoms with E-state index in [0.717, 1.165) is 16.6 Å². The van der Waals surface area contributed by atoms with Crippen molar-refractivity contribution in [2.75, 3.05) is 18.5 Å². The Morgan fingerprint density at radius 2 is 2.41 bits per heavy atom. The number of benzene rings is 1. The summed E-state index contributed by atoms with van der Waals surface area (Å²) in [6.45, 7) is 2.69. The number of halogens is 2. The van der Waals surface area contributed by atoms with Gasteiger partial charge in [0.1, 0.15) is 0 Å². The van der Waals surface area contributed by atoms with E-state index in [0.29, 0.717) is 11.6 Å². The number of rotatable bonds is 3. The van der Waals surface area contributed by atoms with Crippen molar-refractivity contribution >= 4 is 33.2 Å². The molecule has 3 nitrogen and oxygen atoms in total. The Kier molecular flexibility index (Phi) is 3.98. The zero-order chi connectivity index (χ0) is 12.5. The number of hydrogen-bond donors (Lipinski definition) is 2. The number of ether oxygens (including phenoxy) is 1. The average Bonchev–Trinajstić information content (AvgIpc) is 2.66. The molecule has 2 atom stereocenters. The largest absolute Gasteiger partial charge is 0.394 e. The summed E-state index contributed by atoms with van der Waals surface area (Å²) in [5, 5.41) is 13.6. The summed E-state index contributed by atoms with van der Waals surface area (Å²) in [6, 6.07) is 5.62. The van der Waals surface area contributed by atoms with Crippen LogP contribution in [-0.4, -0.2) is 30.0 Å². The van der Waals surface area contributed by atoms with Crippen molar-refractivity contribution in [2.45, 2.75) is 25.0 Å². The molecule has 2 unspecified atom stereocenters. The molecular formula is C12H15BrClNO2. The lowest BCUT2D eigenvalue weighted by molar-refractivity contribution is 0.0792. The lowest BCUT2D eigenvalue weighted by Crippen LogP contribution is -2.47. The molecule has 0 amide bonds. The molecule has 1 aliphatic rings. The monoisotopic (exact) mass is 319 g/mol. The van der Waals surface area contributed by atoms with Gasteiger partial charge in [-0.1, -0.05) is 11.6 Å². The van der Waals surface area contributed by atoms with Crippen LogP contribution in [0.4, 0.5) is 5.69 Å². The molecule has 0 radical (unpaired) electrons. The smallest absolute Gasteiger partial charge is 0.0885 e. The van der Waals surface area contributed by atoms with E-state index in [2.05, 4.69) is 21.2 Å². The topological polar surface area (TPSA) is 41.5 Å². The van der Waals surface area contributed by atoms with Crippen molar-refractivity contribution < 1.29 is 9.84 Å². The average molecular weight is 321 g/mol. The van der Waals surface area contributed by atoms with Crippen LogP contribution in [0.3, 0.4) is 0 Å². The number of anilines is 1. The Bertz CT molecular complexity index is 415. The summed E-state index contributed by atoms with van der Waals surface area (Å²) in [5.41, 5.74) is 0.528. The first-order chi connectivity index (χ1) is 8.07. The predicted octanol–water partition coefficient (Wildman–Crippen LogP) is 3.05. The molecule has 0 spiro atoms. The summed E-state index contributed by atoms with van der Waals surface area (Å²) < 4.78 is 6.36. The number of hydrogen-bond acceptors (Lipinski definition) is 3. The van der Waals surface area contributed by atoms with E-state index in [9.17, 15) is 5.11 Å². The van der Waals surface area contributed by atoms with Crippen molar-refractivity contribution in [3.8, 4) is 0 Å². The lowest BCUT2D eigenvalue weighted by Gasteiger charge is -2.32. The number of aliphatic hydroxyl groups excluding tert-OH is 1. The van der Waals surface area contributed by atoms with Gasteiger partial charge in [0.2, 0.25) is 0 Å². The fourth-order valence-electron chi connectivity index (χ4n) is 2.05. The molecule has 2 N–H and O–H groups in total. The minimum absolute atomic E-state index is 0.0121. The van der Waals surface area contributed by atoms with E-state index in [1.165, 1.54) is 0 Å². The zero-order valence-electron chi connectivity index (χ0n) is 9.54. The van der Waals surface area contributed by atoms with E-state index in [4.69, 9.17) is 16.3 Å². The second kappa shape index (κ2) is 5.14. The molecule has 1 aromatic carbocycles. The van der Waals surface area contributed by atoms with E-state index in [1.54, 1.807) is 0 Å². The number of nitrogens with one attached hydrogen (secondary N) is 1. The van der Waals surface area contributed by atoms with Gasteiger partial charge < -0.3 is 15.2 Å². The molecule has 0 bridgehead atoms. The van der Waals surface area contributed by atoms with Crippen LogP contribution in [0, 0.1) is 0 Å².